The van der Waals surface area contributed by atoms with Gasteiger partial charge in [0.1, 0.15) is 23.7 Å². The number of carbonyl (C=O) groups is 1. The van der Waals surface area contributed by atoms with Crippen LogP contribution in [0.5, 0.6) is 11.5 Å². The Bertz CT molecular complexity index is 1090. The van der Waals surface area contributed by atoms with Gasteiger partial charge in [0, 0.05) is 30.8 Å². The van der Waals surface area contributed by atoms with Crippen LogP contribution in [0.2, 0.25) is 0 Å². The van der Waals surface area contributed by atoms with Gasteiger partial charge >= 0.3 is 13.6 Å². The van der Waals surface area contributed by atoms with Crippen molar-refractivity contribution in [2.45, 2.75) is 33.4 Å². The van der Waals surface area contributed by atoms with Crippen LogP contribution in [0, 0.1) is 6.92 Å². The van der Waals surface area contributed by atoms with Crippen LogP contribution in [0.15, 0.2) is 42.0 Å². The van der Waals surface area contributed by atoms with Crippen molar-refractivity contribution in [1.29, 1.82) is 0 Å². The molecule has 1 aliphatic heterocycles. The number of fused-ring (bicyclic) bond motifs is 1. The van der Waals surface area contributed by atoms with Crippen molar-refractivity contribution in [2.24, 2.45) is 0 Å². The maximum Gasteiger partial charge on any atom is 0.342 e. The normalized spacial score (nSPS) is 13.9. The molecule has 2 aromatic rings. The number of rotatable bonds is 10. The van der Waals surface area contributed by atoms with E-state index in [1.165, 1.54) is 7.11 Å². The van der Waals surface area contributed by atoms with E-state index < -0.39 is 13.6 Å². The lowest BCUT2D eigenvalue weighted by atomic mass is 9.95. The Kier molecular flexibility index (Phi) is 7.97. The first-order chi connectivity index (χ1) is 15.6. The van der Waals surface area contributed by atoms with E-state index in [1.54, 1.807) is 0 Å². The molecule has 0 spiro atoms. The van der Waals surface area contributed by atoms with Crippen molar-refractivity contribution in [2.75, 3.05) is 26.4 Å². The summed E-state index contributed by atoms with van der Waals surface area (Å²) in [6.07, 6.45) is 2.03. The second-order valence-electron chi connectivity index (χ2n) is 8.25. The zero-order valence-electron chi connectivity index (χ0n) is 19.1. The molecule has 2 aromatic carbocycles. The van der Waals surface area contributed by atoms with Crippen LogP contribution >= 0.6 is 7.60 Å². The van der Waals surface area contributed by atoms with Crippen molar-refractivity contribution in [3.63, 3.8) is 0 Å². The highest BCUT2D eigenvalue weighted by atomic mass is 31.2. The lowest BCUT2D eigenvalue weighted by Crippen LogP contribution is -2.28. The average Bonchev–Trinajstić information content (AvgIpc) is 3.15. The molecular formula is C24H30NO7P. The topological polar surface area (TPSA) is 117 Å². The van der Waals surface area contributed by atoms with Gasteiger partial charge < -0.3 is 24.4 Å². The average molecular weight is 475 g/mol. The molecule has 0 fully saturated rings. The maximum absolute atomic E-state index is 12.1. The summed E-state index contributed by atoms with van der Waals surface area (Å²) in [5, 5.41) is 10.8. The number of carbonyl (C=O) groups excluding carboxylic acids is 1. The molecule has 1 aliphatic rings. The largest absolute Gasteiger partial charge is 0.507 e. The van der Waals surface area contributed by atoms with Gasteiger partial charge in [0.05, 0.1) is 13.3 Å². The predicted octanol–water partition coefficient (Wildman–Crippen LogP) is 3.55. The molecule has 0 radical (unpaired) electrons. The van der Waals surface area contributed by atoms with Crippen LogP contribution in [-0.2, 0) is 28.9 Å². The number of hydrogen-bond donors (Lipinski definition) is 3. The van der Waals surface area contributed by atoms with Crippen LogP contribution in [0.25, 0.3) is 0 Å². The fourth-order valence-electron chi connectivity index (χ4n) is 4.05. The number of phenols is 1. The Hall–Kier alpha value is -2.64. The molecule has 0 bridgehead atoms. The zero-order valence-corrected chi connectivity index (χ0v) is 20.0. The van der Waals surface area contributed by atoms with E-state index >= 15 is 0 Å². The molecule has 0 saturated heterocycles. The monoisotopic (exact) mass is 475 g/mol. The first kappa shape index (κ1) is 25.0. The number of esters is 1. The van der Waals surface area contributed by atoms with Crippen molar-refractivity contribution in [3.8, 4) is 11.5 Å². The smallest absolute Gasteiger partial charge is 0.342 e. The first-order valence-electron chi connectivity index (χ1n) is 10.7. The molecule has 8 nitrogen and oxygen atoms in total. The molecule has 3 N–H and O–H groups in total. The van der Waals surface area contributed by atoms with Gasteiger partial charge in [-0.25, -0.2) is 4.79 Å². The van der Waals surface area contributed by atoms with Crippen LogP contribution in [0.1, 0.15) is 39.5 Å². The minimum absolute atomic E-state index is 0.118. The van der Waals surface area contributed by atoms with Gasteiger partial charge in [-0.15, -0.1) is 0 Å². The molecule has 3 rings (SSSR count). The molecule has 0 aromatic heterocycles. The van der Waals surface area contributed by atoms with Crippen LogP contribution in [-0.4, -0.2) is 52.1 Å². The number of allylic oxidation sites excluding steroid dienone is 1. The number of benzene rings is 2. The summed E-state index contributed by atoms with van der Waals surface area (Å²) in [6, 6.07) is 9.71. The third-order valence-electron chi connectivity index (χ3n) is 5.73. The number of hydrogen-bond acceptors (Lipinski definition) is 6. The molecule has 0 atom stereocenters. The molecule has 0 unspecified atom stereocenters. The summed E-state index contributed by atoms with van der Waals surface area (Å²) in [7, 11) is -2.60. The van der Waals surface area contributed by atoms with E-state index in [1.807, 2.05) is 55.2 Å². The van der Waals surface area contributed by atoms with E-state index in [4.69, 9.17) is 9.47 Å². The third-order valence-corrected chi connectivity index (χ3v) is 6.51. The highest BCUT2D eigenvalue weighted by Crippen LogP contribution is 2.42. The molecule has 0 saturated carbocycles. The fraction of sp³-hybridized carbons (Fsp3) is 0.375. The van der Waals surface area contributed by atoms with Gasteiger partial charge in [-0.2, -0.15) is 0 Å². The van der Waals surface area contributed by atoms with Gasteiger partial charge in [0.25, 0.3) is 0 Å². The predicted molar refractivity (Wildman–Crippen MR) is 125 cm³/mol. The van der Waals surface area contributed by atoms with Gasteiger partial charge in [-0.1, -0.05) is 42.0 Å². The molecular weight excluding hydrogens is 445 g/mol. The minimum atomic E-state index is -4.12. The lowest BCUT2D eigenvalue weighted by molar-refractivity contribution is 0.0533. The highest BCUT2D eigenvalue weighted by molar-refractivity contribution is 7.51. The van der Waals surface area contributed by atoms with Crippen molar-refractivity contribution in [1.82, 2.24) is 4.90 Å². The summed E-state index contributed by atoms with van der Waals surface area (Å²) in [5.41, 5.74) is 4.12. The molecule has 9 heteroatoms. The van der Waals surface area contributed by atoms with E-state index in [-0.39, 0.29) is 30.6 Å². The van der Waals surface area contributed by atoms with E-state index in [0.29, 0.717) is 36.4 Å². The lowest BCUT2D eigenvalue weighted by Gasteiger charge is -2.23. The van der Waals surface area contributed by atoms with E-state index in [0.717, 1.165) is 16.7 Å². The molecule has 178 valence electrons. The van der Waals surface area contributed by atoms with Crippen LogP contribution < -0.4 is 4.74 Å². The number of ether oxygens (including phenoxy) is 2. The zero-order chi connectivity index (χ0) is 24.2. The molecule has 0 amide bonds. The summed E-state index contributed by atoms with van der Waals surface area (Å²) < 4.78 is 22.0. The number of methoxy groups -OCH3 is 1. The van der Waals surface area contributed by atoms with Gasteiger partial charge in [-0.3, -0.25) is 9.46 Å². The fourth-order valence-corrected chi connectivity index (χ4v) is 4.59. The summed E-state index contributed by atoms with van der Waals surface area (Å²) in [6.45, 7) is 5.15. The second kappa shape index (κ2) is 10.5. The molecule has 1 heterocycles. The Morgan fingerprint density at radius 2 is 1.97 bits per heavy atom. The Morgan fingerprint density at radius 1 is 1.27 bits per heavy atom. The highest BCUT2D eigenvalue weighted by Gasteiger charge is 2.31. The second-order valence-corrected chi connectivity index (χ2v) is 10.0. The first-order valence-corrected chi connectivity index (χ1v) is 12.4. The van der Waals surface area contributed by atoms with Gasteiger partial charge in [-0.05, 0) is 31.4 Å². The number of nitrogens with zero attached hydrogens (tertiary/aromatic N) is 1. The Labute approximate surface area is 193 Å². The quantitative estimate of drug-likeness (QED) is 0.271. The summed E-state index contributed by atoms with van der Waals surface area (Å²) in [5.74, 6) is -0.139. The SMILES string of the molecule is COc1c(C)c2c(c(O)c1C/C=C(\C)CN(CCP(=O)(O)O)Cc1ccccc1)C(=O)OC2. The summed E-state index contributed by atoms with van der Waals surface area (Å²) >= 11 is 0. The van der Waals surface area contributed by atoms with Crippen LogP contribution in [0.3, 0.4) is 0 Å². The Morgan fingerprint density at radius 3 is 2.61 bits per heavy atom. The van der Waals surface area contributed by atoms with Gasteiger partial charge in [0.2, 0.25) is 0 Å². The van der Waals surface area contributed by atoms with Crippen LogP contribution in [0.4, 0.5) is 0 Å². The number of aromatic hydroxyl groups is 1. The van der Waals surface area contributed by atoms with Gasteiger partial charge in [0.15, 0.2) is 0 Å². The van der Waals surface area contributed by atoms with Crippen molar-refractivity contribution in [3.05, 3.63) is 69.8 Å². The minimum Gasteiger partial charge on any atom is -0.507 e. The molecule has 0 aliphatic carbocycles. The third kappa shape index (κ3) is 6.24. The standard InChI is InChI=1S/C24H30NO7P/c1-16(13-25(11-12-33(28,29)30)14-18-7-5-4-6-8-18)9-10-19-22(26)21-20(15-32-24(21)27)17(2)23(19)31-3/h4-9,26H,10-15H2,1-3H3,(H2,28,29,30)/b16-9+. The van der Waals surface area contributed by atoms with E-state index in [9.17, 15) is 24.3 Å². The van der Waals surface area contributed by atoms with Crippen molar-refractivity contribution < 1.29 is 33.7 Å². The maximum atomic E-state index is 12.1. The van der Waals surface area contributed by atoms with Crippen molar-refractivity contribution >= 4 is 13.6 Å². The number of phenolic OH excluding ortho intramolecular Hbond substituents is 1. The Balaban J connectivity index is 1.81. The van der Waals surface area contributed by atoms with E-state index in [2.05, 4.69) is 0 Å². The number of cyclic esters (lactones) is 1. The molecule has 33 heavy (non-hydrogen) atoms. The summed E-state index contributed by atoms with van der Waals surface area (Å²) in [4.78, 5) is 32.7.